The molecule has 0 aromatic carbocycles. The molecule has 1 aliphatic rings. The van der Waals surface area contributed by atoms with Gasteiger partial charge in [0.25, 0.3) is 5.91 Å². The molecule has 0 radical (unpaired) electrons. The maximum atomic E-state index is 12.0. The van der Waals surface area contributed by atoms with E-state index in [1.165, 1.54) is 11.3 Å². The van der Waals surface area contributed by atoms with Gasteiger partial charge in [0.15, 0.2) is 0 Å². The molecule has 0 aliphatic carbocycles. The molecule has 2 N–H and O–H groups in total. The molecular weight excluding hydrogens is 284 g/mol. The highest BCUT2D eigenvalue weighted by molar-refractivity contribution is 7.85. The van der Waals surface area contributed by atoms with Gasteiger partial charge in [-0.15, -0.1) is 10.2 Å². The van der Waals surface area contributed by atoms with Crippen LogP contribution in [0.1, 0.15) is 36.0 Å². The number of anilines is 1. The summed E-state index contributed by atoms with van der Waals surface area (Å²) in [6.45, 7) is 2.89. The molecule has 1 aromatic rings. The number of carbonyl (C=O) groups is 1. The molecule has 6 nitrogen and oxygen atoms in total. The lowest BCUT2D eigenvalue weighted by Gasteiger charge is -2.21. The molecule has 1 aromatic heterocycles. The van der Waals surface area contributed by atoms with Crippen molar-refractivity contribution in [2.75, 3.05) is 23.4 Å². The first-order valence-electron chi connectivity index (χ1n) is 6.42. The Hall–Kier alpha value is -1.02. The third-order valence-corrected chi connectivity index (χ3v) is 5.13. The first-order valence-corrected chi connectivity index (χ1v) is 8.72. The van der Waals surface area contributed by atoms with Crippen LogP contribution in [0.4, 0.5) is 5.13 Å². The number of rotatable bonds is 5. The zero-order valence-corrected chi connectivity index (χ0v) is 12.5. The summed E-state index contributed by atoms with van der Waals surface area (Å²) in [6.07, 6.45) is 2.55. The largest absolute Gasteiger partial charge is 0.360 e. The topological polar surface area (TPSA) is 84.0 Å². The van der Waals surface area contributed by atoms with Gasteiger partial charge in [-0.25, -0.2) is 0 Å². The van der Waals surface area contributed by atoms with Crippen molar-refractivity contribution < 1.29 is 9.00 Å². The van der Waals surface area contributed by atoms with Crippen molar-refractivity contribution in [2.24, 2.45) is 0 Å². The van der Waals surface area contributed by atoms with Crippen LogP contribution in [-0.4, -0.2) is 44.4 Å². The van der Waals surface area contributed by atoms with Crippen molar-refractivity contribution in [1.29, 1.82) is 0 Å². The highest BCUT2D eigenvalue weighted by Gasteiger charge is 2.21. The van der Waals surface area contributed by atoms with Crippen LogP contribution in [0.25, 0.3) is 0 Å². The van der Waals surface area contributed by atoms with Gasteiger partial charge < -0.3 is 10.6 Å². The van der Waals surface area contributed by atoms with Crippen molar-refractivity contribution in [3.63, 3.8) is 0 Å². The van der Waals surface area contributed by atoms with Crippen LogP contribution in [0.2, 0.25) is 0 Å². The van der Waals surface area contributed by atoms with Crippen LogP contribution in [0, 0.1) is 0 Å². The molecule has 1 aliphatic heterocycles. The predicted molar refractivity (Wildman–Crippen MR) is 77.1 cm³/mol. The fourth-order valence-electron chi connectivity index (χ4n) is 1.80. The van der Waals surface area contributed by atoms with Crippen LogP contribution < -0.4 is 10.6 Å². The van der Waals surface area contributed by atoms with Crippen molar-refractivity contribution in [3.8, 4) is 0 Å². The summed E-state index contributed by atoms with van der Waals surface area (Å²) in [5.74, 6) is 1.16. The van der Waals surface area contributed by atoms with Crippen molar-refractivity contribution in [3.05, 3.63) is 5.01 Å². The van der Waals surface area contributed by atoms with E-state index < -0.39 is 10.8 Å². The molecule has 106 valence electrons. The van der Waals surface area contributed by atoms with Crippen LogP contribution >= 0.6 is 11.3 Å². The summed E-state index contributed by atoms with van der Waals surface area (Å²) in [6, 6.07) is 0.112. The first-order chi connectivity index (χ1) is 9.19. The minimum absolute atomic E-state index is 0.112. The predicted octanol–water partition coefficient (Wildman–Crippen LogP) is 1.00. The SMILES string of the molecule is CCCNc1nnc(C(=O)NC2CCS(=O)CC2)s1. The van der Waals surface area contributed by atoms with E-state index in [1.54, 1.807) is 0 Å². The maximum Gasteiger partial charge on any atom is 0.282 e. The summed E-state index contributed by atoms with van der Waals surface area (Å²) >= 11 is 1.26. The van der Waals surface area contributed by atoms with Crippen molar-refractivity contribution in [1.82, 2.24) is 15.5 Å². The lowest BCUT2D eigenvalue weighted by atomic mass is 10.1. The van der Waals surface area contributed by atoms with E-state index in [0.717, 1.165) is 25.8 Å². The Morgan fingerprint density at radius 1 is 1.42 bits per heavy atom. The molecule has 0 bridgehead atoms. The third-order valence-electron chi connectivity index (χ3n) is 2.87. The Morgan fingerprint density at radius 3 is 2.84 bits per heavy atom. The van der Waals surface area contributed by atoms with Gasteiger partial charge in [0.2, 0.25) is 10.1 Å². The molecule has 1 fully saturated rings. The second kappa shape index (κ2) is 6.95. The molecule has 8 heteroatoms. The van der Waals surface area contributed by atoms with Crippen LogP contribution in [0.15, 0.2) is 0 Å². The van der Waals surface area contributed by atoms with Gasteiger partial charge in [0.1, 0.15) is 0 Å². The molecule has 0 saturated carbocycles. The fraction of sp³-hybridized carbons (Fsp3) is 0.727. The van der Waals surface area contributed by atoms with Crippen molar-refractivity contribution in [2.45, 2.75) is 32.2 Å². The number of nitrogens with one attached hydrogen (secondary N) is 2. The molecule has 0 unspecified atom stereocenters. The number of hydrogen-bond donors (Lipinski definition) is 2. The van der Waals surface area contributed by atoms with Crippen LogP contribution in [-0.2, 0) is 10.8 Å². The summed E-state index contributed by atoms with van der Waals surface area (Å²) in [7, 11) is -0.707. The monoisotopic (exact) mass is 302 g/mol. The zero-order valence-electron chi connectivity index (χ0n) is 10.8. The van der Waals surface area contributed by atoms with E-state index in [0.29, 0.717) is 21.6 Å². The quantitative estimate of drug-likeness (QED) is 0.848. The molecular formula is C11H18N4O2S2. The number of hydrogen-bond acceptors (Lipinski definition) is 6. The number of aromatic nitrogens is 2. The van der Waals surface area contributed by atoms with Gasteiger partial charge in [-0.05, 0) is 19.3 Å². The lowest BCUT2D eigenvalue weighted by Crippen LogP contribution is -2.39. The van der Waals surface area contributed by atoms with Gasteiger partial charge in [-0.3, -0.25) is 9.00 Å². The van der Waals surface area contributed by atoms with Gasteiger partial charge in [0.05, 0.1) is 0 Å². The van der Waals surface area contributed by atoms with E-state index in [1.807, 2.05) is 0 Å². The van der Waals surface area contributed by atoms with E-state index in [4.69, 9.17) is 0 Å². The molecule has 19 heavy (non-hydrogen) atoms. The Morgan fingerprint density at radius 2 is 2.16 bits per heavy atom. The standard InChI is InChI=1S/C11H18N4O2S2/c1-2-5-12-11-15-14-10(18-11)9(16)13-8-3-6-19(17)7-4-8/h8H,2-7H2,1H3,(H,12,15)(H,13,16). The van der Waals surface area contributed by atoms with Gasteiger partial charge in [-0.2, -0.15) is 0 Å². The summed E-state index contributed by atoms with van der Waals surface area (Å²) < 4.78 is 11.2. The molecule has 2 rings (SSSR count). The summed E-state index contributed by atoms with van der Waals surface area (Å²) in [4.78, 5) is 12.0. The van der Waals surface area contributed by atoms with E-state index in [2.05, 4.69) is 27.8 Å². The van der Waals surface area contributed by atoms with Gasteiger partial charge in [-0.1, -0.05) is 18.3 Å². The Bertz CT molecular complexity index is 453. The molecule has 0 spiro atoms. The minimum Gasteiger partial charge on any atom is -0.360 e. The molecule has 0 atom stereocenters. The first kappa shape index (κ1) is 14.4. The average Bonchev–Trinajstić information content (AvgIpc) is 2.88. The second-order valence-electron chi connectivity index (χ2n) is 4.43. The maximum absolute atomic E-state index is 12.0. The Balaban J connectivity index is 1.85. The van der Waals surface area contributed by atoms with Crippen molar-refractivity contribution >= 4 is 33.2 Å². The van der Waals surface area contributed by atoms with E-state index >= 15 is 0 Å². The lowest BCUT2D eigenvalue weighted by molar-refractivity contribution is 0.0933. The number of nitrogens with zero attached hydrogens (tertiary/aromatic N) is 2. The van der Waals surface area contributed by atoms with Gasteiger partial charge in [0, 0.05) is 34.9 Å². The van der Waals surface area contributed by atoms with Gasteiger partial charge >= 0.3 is 0 Å². The van der Waals surface area contributed by atoms with E-state index in [-0.39, 0.29) is 11.9 Å². The Kier molecular flexibility index (Phi) is 5.26. The summed E-state index contributed by atoms with van der Waals surface area (Å²) in [5.41, 5.74) is 0. The highest BCUT2D eigenvalue weighted by atomic mass is 32.2. The zero-order chi connectivity index (χ0) is 13.7. The number of amides is 1. The minimum atomic E-state index is -0.707. The molecule has 2 heterocycles. The molecule has 1 saturated heterocycles. The second-order valence-corrected chi connectivity index (χ2v) is 7.11. The summed E-state index contributed by atoms with van der Waals surface area (Å²) in [5, 5.41) is 14.9. The normalized spacial score (nSPS) is 23.0. The van der Waals surface area contributed by atoms with Crippen LogP contribution in [0.5, 0.6) is 0 Å². The van der Waals surface area contributed by atoms with Crippen LogP contribution in [0.3, 0.4) is 0 Å². The molecule has 1 amide bonds. The van der Waals surface area contributed by atoms with E-state index in [9.17, 15) is 9.00 Å². The smallest absolute Gasteiger partial charge is 0.282 e. The third kappa shape index (κ3) is 4.24. The Labute approximate surface area is 118 Å². The average molecular weight is 302 g/mol. The highest BCUT2D eigenvalue weighted by Crippen LogP contribution is 2.16. The fourth-order valence-corrected chi connectivity index (χ4v) is 3.77. The number of carbonyl (C=O) groups excluding carboxylic acids is 1.